The summed E-state index contributed by atoms with van der Waals surface area (Å²) in [6.45, 7) is 0. The molecule has 114 valence electrons. The zero-order valence-corrected chi connectivity index (χ0v) is 13.9. The zero-order valence-electron chi connectivity index (χ0n) is 12.3. The van der Waals surface area contributed by atoms with Crippen molar-refractivity contribution in [3.05, 3.63) is 88.9 Å². The maximum absolute atomic E-state index is 12.2. The van der Waals surface area contributed by atoms with E-state index in [0.29, 0.717) is 5.56 Å². The fourth-order valence-electron chi connectivity index (χ4n) is 2.16. The predicted octanol–water partition coefficient (Wildman–Crippen LogP) is 5.45. The van der Waals surface area contributed by atoms with Crippen LogP contribution in [0.2, 0.25) is 0 Å². The molecule has 2 N–H and O–H groups in total. The average molecular weight is 367 g/mol. The summed E-state index contributed by atoms with van der Waals surface area (Å²) in [6, 6.07) is 24.9. The number of carbonyl (C=O) groups is 1. The van der Waals surface area contributed by atoms with Crippen molar-refractivity contribution < 1.29 is 4.79 Å². The van der Waals surface area contributed by atoms with Gasteiger partial charge in [-0.05, 0) is 54.6 Å². The molecule has 0 spiro atoms. The van der Waals surface area contributed by atoms with Gasteiger partial charge in [-0.25, -0.2) is 0 Å². The molecule has 0 aliphatic heterocycles. The smallest absolute Gasteiger partial charge is 0.255 e. The third kappa shape index (κ3) is 4.20. The van der Waals surface area contributed by atoms with Crippen molar-refractivity contribution >= 4 is 38.9 Å². The molecule has 1 amide bonds. The van der Waals surface area contributed by atoms with Gasteiger partial charge in [-0.1, -0.05) is 40.2 Å². The first-order valence-corrected chi connectivity index (χ1v) is 7.99. The normalized spacial score (nSPS) is 10.1. The van der Waals surface area contributed by atoms with E-state index < -0.39 is 0 Å². The Morgan fingerprint density at radius 3 is 2.09 bits per heavy atom. The van der Waals surface area contributed by atoms with E-state index in [1.807, 2.05) is 66.7 Å². The molecule has 0 atom stereocenters. The van der Waals surface area contributed by atoms with Crippen LogP contribution in [0.25, 0.3) is 0 Å². The molecule has 0 bridgehead atoms. The number of hydrogen-bond acceptors (Lipinski definition) is 2. The molecule has 0 saturated heterocycles. The van der Waals surface area contributed by atoms with Gasteiger partial charge in [0.05, 0.1) is 0 Å². The van der Waals surface area contributed by atoms with E-state index in [-0.39, 0.29) is 5.91 Å². The molecule has 0 aromatic heterocycles. The molecule has 23 heavy (non-hydrogen) atoms. The molecule has 0 fully saturated rings. The van der Waals surface area contributed by atoms with Crippen LogP contribution in [0.1, 0.15) is 10.4 Å². The van der Waals surface area contributed by atoms with Gasteiger partial charge in [0.1, 0.15) is 0 Å². The number of hydrogen-bond donors (Lipinski definition) is 2. The minimum Gasteiger partial charge on any atom is -0.356 e. The van der Waals surface area contributed by atoms with Gasteiger partial charge >= 0.3 is 0 Å². The van der Waals surface area contributed by atoms with Gasteiger partial charge in [-0.3, -0.25) is 4.79 Å². The Labute approximate surface area is 143 Å². The van der Waals surface area contributed by atoms with Gasteiger partial charge in [-0.15, -0.1) is 0 Å². The molecule has 0 unspecified atom stereocenters. The predicted molar refractivity (Wildman–Crippen MR) is 98.3 cm³/mol. The van der Waals surface area contributed by atoms with E-state index in [2.05, 4.69) is 26.6 Å². The van der Waals surface area contributed by atoms with Crippen LogP contribution in [-0.2, 0) is 0 Å². The standard InChI is InChI=1S/C19H15BrN2O/c20-15-6-4-5-14(13-15)19(23)22-18-11-9-17(10-12-18)21-16-7-2-1-3-8-16/h1-13,21H,(H,22,23). The van der Waals surface area contributed by atoms with Gasteiger partial charge < -0.3 is 10.6 Å². The van der Waals surface area contributed by atoms with Gasteiger partial charge in [0.15, 0.2) is 0 Å². The highest BCUT2D eigenvalue weighted by molar-refractivity contribution is 9.10. The molecule has 0 heterocycles. The summed E-state index contributed by atoms with van der Waals surface area (Å²) in [6.07, 6.45) is 0. The Balaban J connectivity index is 1.67. The average Bonchev–Trinajstić information content (AvgIpc) is 2.57. The zero-order chi connectivity index (χ0) is 16.1. The minimum atomic E-state index is -0.130. The van der Waals surface area contributed by atoms with Gasteiger partial charge in [0.25, 0.3) is 5.91 Å². The topological polar surface area (TPSA) is 41.1 Å². The lowest BCUT2D eigenvalue weighted by atomic mass is 10.2. The van der Waals surface area contributed by atoms with Crippen LogP contribution in [0.4, 0.5) is 17.1 Å². The highest BCUT2D eigenvalue weighted by Crippen LogP contribution is 2.19. The van der Waals surface area contributed by atoms with E-state index in [9.17, 15) is 4.79 Å². The third-order valence-corrected chi connectivity index (χ3v) is 3.79. The summed E-state index contributed by atoms with van der Waals surface area (Å²) in [5.41, 5.74) is 3.37. The molecular formula is C19H15BrN2O. The number of amides is 1. The van der Waals surface area contributed by atoms with Crippen LogP contribution in [-0.4, -0.2) is 5.91 Å². The van der Waals surface area contributed by atoms with Crippen molar-refractivity contribution in [3.8, 4) is 0 Å². The lowest BCUT2D eigenvalue weighted by Crippen LogP contribution is -2.11. The van der Waals surface area contributed by atoms with E-state index >= 15 is 0 Å². The maximum atomic E-state index is 12.2. The Kier molecular flexibility index (Phi) is 4.74. The molecular weight excluding hydrogens is 352 g/mol. The molecule has 3 aromatic carbocycles. The lowest BCUT2D eigenvalue weighted by molar-refractivity contribution is 0.102. The third-order valence-electron chi connectivity index (χ3n) is 3.29. The first kappa shape index (κ1) is 15.3. The monoisotopic (exact) mass is 366 g/mol. The van der Waals surface area contributed by atoms with Crippen LogP contribution in [0.3, 0.4) is 0 Å². The summed E-state index contributed by atoms with van der Waals surface area (Å²) in [4.78, 5) is 12.2. The maximum Gasteiger partial charge on any atom is 0.255 e. The molecule has 0 aliphatic rings. The molecule has 0 saturated carbocycles. The fraction of sp³-hybridized carbons (Fsp3) is 0. The van der Waals surface area contributed by atoms with Crippen molar-refractivity contribution in [2.24, 2.45) is 0 Å². The summed E-state index contributed by atoms with van der Waals surface area (Å²) < 4.78 is 0.882. The van der Waals surface area contributed by atoms with Crippen molar-refractivity contribution in [3.63, 3.8) is 0 Å². The first-order chi connectivity index (χ1) is 11.2. The molecule has 0 radical (unpaired) electrons. The highest BCUT2D eigenvalue weighted by Gasteiger charge is 2.06. The first-order valence-electron chi connectivity index (χ1n) is 7.20. The fourth-order valence-corrected chi connectivity index (χ4v) is 2.56. The Hall–Kier alpha value is -2.59. The van der Waals surface area contributed by atoms with E-state index in [4.69, 9.17) is 0 Å². The van der Waals surface area contributed by atoms with Crippen LogP contribution >= 0.6 is 15.9 Å². The molecule has 0 aliphatic carbocycles. The van der Waals surface area contributed by atoms with E-state index in [1.165, 1.54) is 0 Å². The summed E-state index contributed by atoms with van der Waals surface area (Å²) in [5, 5.41) is 6.19. The van der Waals surface area contributed by atoms with Crippen LogP contribution in [0.5, 0.6) is 0 Å². The van der Waals surface area contributed by atoms with Crippen LogP contribution < -0.4 is 10.6 Å². The highest BCUT2D eigenvalue weighted by atomic mass is 79.9. The van der Waals surface area contributed by atoms with Crippen LogP contribution in [0, 0.1) is 0 Å². The number of anilines is 3. The van der Waals surface area contributed by atoms with E-state index in [1.54, 1.807) is 12.1 Å². The Bertz CT molecular complexity index is 801. The lowest BCUT2D eigenvalue weighted by Gasteiger charge is -2.09. The number of halogens is 1. The number of benzene rings is 3. The Morgan fingerprint density at radius 1 is 0.739 bits per heavy atom. The SMILES string of the molecule is O=C(Nc1ccc(Nc2ccccc2)cc1)c1cccc(Br)c1. The number of nitrogens with one attached hydrogen (secondary N) is 2. The van der Waals surface area contributed by atoms with Gasteiger partial charge in [0, 0.05) is 27.1 Å². The van der Waals surface area contributed by atoms with Crippen LogP contribution in [0.15, 0.2) is 83.3 Å². The molecule has 4 heteroatoms. The summed E-state index contributed by atoms with van der Waals surface area (Å²) in [7, 11) is 0. The van der Waals surface area contributed by atoms with Crippen molar-refractivity contribution in [1.82, 2.24) is 0 Å². The summed E-state index contributed by atoms with van der Waals surface area (Å²) >= 11 is 3.37. The number of carbonyl (C=O) groups excluding carboxylic acids is 1. The number of para-hydroxylation sites is 1. The second-order valence-electron chi connectivity index (χ2n) is 5.03. The van der Waals surface area contributed by atoms with Crippen molar-refractivity contribution in [1.29, 1.82) is 0 Å². The number of rotatable bonds is 4. The summed E-state index contributed by atoms with van der Waals surface area (Å²) in [5.74, 6) is -0.130. The second-order valence-corrected chi connectivity index (χ2v) is 5.95. The van der Waals surface area contributed by atoms with Gasteiger partial charge in [-0.2, -0.15) is 0 Å². The second kappa shape index (κ2) is 7.11. The molecule has 3 aromatic rings. The van der Waals surface area contributed by atoms with Crippen molar-refractivity contribution in [2.45, 2.75) is 0 Å². The minimum absolute atomic E-state index is 0.130. The van der Waals surface area contributed by atoms with Gasteiger partial charge in [0.2, 0.25) is 0 Å². The Morgan fingerprint density at radius 2 is 1.39 bits per heavy atom. The quantitative estimate of drug-likeness (QED) is 0.644. The van der Waals surface area contributed by atoms with Crippen molar-refractivity contribution in [2.75, 3.05) is 10.6 Å². The molecule has 3 nitrogen and oxygen atoms in total. The largest absolute Gasteiger partial charge is 0.356 e. The molecule has 3 rings (SSSR count). The van der Waals surface area contributed by atoms with E-state index in [0.717, 1.165) is 21.5 Å².